The van der Waals surface area contributed by atoms with Crippen LogP contribution < -0.4 is 0 Å². The van der Waals surface area contributed by atoms with E-state index in [2.05, 4.69) is 0 Å². The lowest BCUT2D eigenvalue weighted by molar-refractivity contribution is 0.347. The minimum Gasteiger partial charge on any atom is -0.506 e. The van der Waals surface area contributed by atoms with Crippen LogP contribution in [-0.4, -0.2) is 148 Å². The van der Waals surface area contributed by atoms with Crippen LogP contribution in [0.2, 0.25) is 0 Å². The molecule has 0 aliphatic rings. The lowest BCUT2D eigenvalue weighted by Gasteiger charge is -2.26. The summed E-state index contributed by atoms with van der Waals surface area (Å²) in [4.78, 5) is 0. The van der Waals surface area contributed by atoms with Gasteiger partial charge in [0, 0.05) is 70.9 Å². The second-order valence-corrected chi connectivity index (χ2v) is 17.8. The van der Waals surface area contributed by atoms with Crippen LogP contribution in [0.3, 0.4) is 0 Å². The number of phenolic OH excluding ortho intramolecular Hbond substituents is 29. The fourth-order valence-electron chi connectivity index (χ4n) is 10.4. The first kappa shape index (κ1) is 49.7. The third kappa shape index (κ3) is 5.46. The van der Waals surface area contributed by atoms with Crippen molar-refractivity contribution in [2.45, 2.75) is 0 Å². The topological polar surface area (TPSA) is 600 Å². The van der Waals surface area contributed by atoms with Crippen LogP contribution in [0.5, 0.6) is 167 Å². The van der Waals surface area contributed by atoms with Crippen LogP contribution in [0, 0.1) is 0 Å². The van der Waals surface area contributed by atoms with E-state index < -0.39 is 276 Å². The minimum absolute atomic E-state index is 0.612. The molecule has 30 nitrogen and oxygen atoms in total. The summed E-state index contributed by atoms with van der Waals surface area (Å²) in [5.41, 5.74) is -11.1. The molecular weight excluding hydrogens is 1080 g/mol. The van der Waals surface area contributed by atoms with Crippen LogP contribution in [0.4, 0.5) is 0 Å². The monoisotopic (exact) mass is 1110 g/mol. The predicted octanol–water partition coefficient (Wildman–Crippen LogP) is 5.82. The Kier molecular flexibility index (Phi) is 9.51. The van der Waals surface area contributed by atoms with Crippen molar-refractivity contribution in [1.82, 2.24) is 0 Å². The molecule has 0 unspecified atom stereocenters. The van der Waals surface area contributed by atoms with Gasteiger partial charge >= 0.3 is 0 Å². The number of aromatic hydroxyl groups is 29. The first-order chi connectivity index (χ1) is 37.4. The van der Waals surface area contributed by atoms with E-state index in [1.807, 2.05) is 0 Å². The normalized spacial score (nSPS) is 11.9. The lowest BCUT2D eigenvalue weighted by Crippen LogP contribution is -1.98. The first-order valence-electron chi connectivity index (χ1n) is 21.7. The van der Waals surface area contributed by atoms with Gasteiger partial charge in [-0.25, -0.2) is 0 Å². The molecular formula is C50H30O30. The summed E-state index contributed by atoms with van der Waals surface area (Å²) in [6.45, 7) is 0. The minimum atomic E-state index is -1.97. The molecule has 30 heteroatoms. The molecule has 0 saturated heterocycles. The van der Waals surface area contributed by atoms with Crippen LogP contribution in [0.25, 0.3) is 109 Å². The molecule has 0 saturated carbocycles. The van der Waals surface area contributed by atoms with E-state index in [1.165, 1.54) is 0 Å². The highest BCUT2D eigenvalue weighted by atomic mass is 16.4. The molecule has 80 heavy (non-hydrogen) atoms. The summed E-state index contributed by atoms with van der Waals surface area (Å²) >= 11 is 0. The second-order valence-electron chi connectivity index (χ2n) is 17.8. The second kappa shape index (κ2) is 15.3. The third-order valence-electron chi connectivity index (χ3n) is 14.0. The van der Waals surface area contributed by atoms with Crippen LogP contribution in [0.1, 0.15) is 0 Å². The maximum atomic E-state index is 12.4. The SMILES string of the molecule is Oc1cc2c(O)c3oc4c(O)c(O)c(-c5c6c(O)c(O)c(O)c(O)c6c(-c6c(O)c(O)c(-c7c(O)c(O)c(O)c8c(O)c(O)c(O)c(O)c78)c7c(O)c(O)c(O)c(O)c67)c6c(O)c(O)c(O)c(O)c56)c(O)c4c3c(O)c2c(O)c1O. The zero-order valence-electron chi connectivity index (χ0n) is 38.5. The third-order valence-corrected chi connectivity index (χ3v) is 14.0. The average molecular weight is 1110 g/mol. The van der Waals surface area contributed by atoms with Gasteiger partial charge in [-0.15, -0.1) is 0 Å². The van der Waals surface area contributed by atoms with Gasteiger partial charge in [0.2, 0.25) is 63.2 Å². The van der Waals surface area contributed by atoms with E-state index in [1.54, 1.807) is 0 Å². The van der Waals surface area contributed by atoms with Gasteiger partial charge in [0.25, 0.3) is 0 Å². The molecule has 11 rings (SSSR count). The lowest BCUT2D eigenvalue weighted by atomic mass is 9.80. The van der Waals surface area contributed by atoms with Gasteiger partial charge in [-0.2, -0.15) is 0 Å². The van der Waals surface area contributed by atoms with Gasteiger partial charge < -0.3 is 153 Å². The number of rotatable bonds is 3. The van der Waals surface area contributed by atoms with Crippen molar-refractivity contribution >= 4 is 75.8 Å². The molecule has 0 aliphatic heterocycles. The Morgan fingerprint density at radius 3 is 0.800 bits per heavy atom. The summed E-state index contributed by atoms with van der Waals surface area (Å²) in [7, 11) is 0. The highest BCUT2D eigenvalue weighted by molar-refractivity contribution is 6.35. The number of phenols is 29. The molecule has 1 aromatic heterocycles. The molecule has 0 atom stereocenters. The predicted molar refractivity (Wildman–Crippen MR) is 266 cm³/mol. The Hall–Kier alpha value is -12.5. The smallest absolute Gasteiger partial charge is 0.205 e. The summed E-state index contributed by atoms with van der Waals surface area (Å²) in [6.07, 6.45) is 0. The first-order valence-corrected chi connectivity index (χ1v) is 21.7. The van der Waals surface area contributed by atoms with E-state index in [0.717, 1.165) is 0 Å². The summed E-state index contributed by atoms with van der Waals surface area (Å²) in [5.74, 6) is -48.6. The molecule has 1 heterocycles. The zero-order chi connectivity index (χ0) is 58.7. The number of fused-ring (bicyclic) bond motifs is 8. The molecule has 29 N–H and O–H groups in total. The maximum Gasteiger partial charge on any atom is 0.205 e. The van der Waals surface area contributed by atoms with Crippen molar-refractivity contribution < 1.29 is 153 Å². The molecule has 0 bridgehead atoms. The van der Waals surface area contributed by atoms with E-state index in [4.69, 9.17) is 4.42 Å². The summed E-state index contributed by atoms with van der Waals surface area (Å²) in [6, 6.07) is 0.612. The van der Waals surface area contributed by atoms with Gasteiger partial charge in [-0.1, -0.05) is 0 Å². The van der Waals surface area contributed by atoms with E-state index in [-0.39, 0.29) is 0 Å². The molecule has 11 aromatic rings. The van der Waals surface area contributed by atoms with Gasteiger partial charge in [-0.05, 0) is 6.07 Å². The number of hydrogen-bond donors (Lipinski definition) is 29. The molecule has 0 fully saturated rings. The quantitative estimate of drug-likeness (QED) is 0.0563. The van der Waals surface area contributed by atoms with Gasteiger partial charge in [-0.3, -0.25) is 0 Å². The van der Waals surface area contributed by atoms with Crippen LogP contribution >= 0.6 is 0 Å². The van der Waals surface area contributed by atoms with E-state index in [9.17, 15) is 148 Å². The van der Waals surface area contributed by atoms with Crippen LogP contribution in [0.15, 0.2) is 10.5 Å². The van der Waals surface area contributed by atoms with Crippen molar-refractivity contribution in [1.29, 1.82) is 0 Å². The largest absolute Gasteiger partial charge is 0.506 e. The van der Waals surface area contributed by atoms with E-state index in [0.29, 0.717) is 6.07 Å². The van der Waals surface area contributed by atoms with Crippen molar-refractivity contribution in [3.05, 3.63) is 6.07 Å². The van der Waals surface area contributed by atoms with Gasteiger partial charge in [0.1, 0.15) is 11.5 Å². The van der Waals surface area contributed by atoms with Gasteiger partial charge in [0.05, 0.1) is 27.1 Å². The Balaban J connectivity index is 1.44. The van der Waals surface area contributed by atoms with Crippen molar-refractivity contribution in [2.24, 2.45) is 0 Å². The highest BCUT2D eigenvalue weighted by Gasteiger charge is 2.41. The van der Waals surface area contributed by atoms with Gasteiger partial charge in [0.15, 0.2) is 103 Å². The van der Waals surface area contributed by atoms with E-state index >= 15 is 0 Å². The fraction of sp³-hybridized carbons (Fsp3) is 0. The maximum absolute atomic E-state index is 12.4. The zero-order valence-corrected chi connectivity index (χ0v) is 38.5. The molecule has 0 spiro atoms. The Morgan fingerprint density at radius 1 is 0.163 bits per heavy atom. The van der Waals surface area contributed by atoms with Crippen molar-refractivity contribution in [3.8, 4) is 200 Å². The van der Waals surface area contributed by atoms with Crippen LogP contribution in [-0.2, 0) is 0 Å². The Morgan fingerprint density at radius 2 is 0.412 bits per heavy atom. The standard InChI is InChI=1S/C50H30O30/c51-3-1-2-4(25(56)22(3)53)23(54)19-20-24(55)17(38(69)48(79)50(20)80-49(19)21(2)52)6-10-7(28(59)40(71)42(73)30(10)61)5(8-11(6)31(62)43(74)41(72)29(8)60)9-12-14(34(65)45(76)44(75)33(12)64)13(27(58)26(9)57)15-16-18(36(67)39(70)32(15)63)37(68)47(78)46(77)35(16)66/h1,51-79H. The molecule has 0 amide bonds. The highest BCUT2D eigenvalue weighted by Crippen LogP contribution is 2.70. The fourth-order valence-corrected chi connectivity index (χ4v) is 10.4. The summed E-state index contributed by atoms with van der Waals surface area (Å²) in [5, 5.41) is 315. The summed E-state index contributed by atoms with van der Waals surface area (Å²) < 4.78 is 5.53. The number of furan rings is 1. The Bertz CT molecular complexity index is 4770. The molecule has 0 aliphatic carbocycles. The van der Waals surface area contributed by atoms with Crippen molar-refractivity contribution in [2.75, 3.05) is 0 Å². The average Bonchev–Trinajstić information content (AvgIpc) is 3.85. The number of hydrogen-bond acceptors (Lipinski definition) is 30. The molecule has 410 valence electrons. The molecule has 0 radical (unpaired) electrons. The Labute approximate surface area is 433 Å². The number of benzene rings is 10. The molecule has 10 aromatic carbocycles. The van der Waals surface area contributed by atoms with Crippen molar-refractivity contribution in [3.63, 3.8) is 0 Å².